The molecule has 1 saturated carbocycles. The number of nitrogens with zero attached hydrogens (tertiary/aromatic N) is 1. The van der Waals surface area contributed by atoms with Crippen LogP contribution in [-0.4, -0.2) is 28.3 Å². The largest absolute Gasteiger partial charge is 0.366 e. The molecule has 178 valence electrons. The van der Waals surface area contributed by atoms with Crippen molar-refractivity contribution in [2.45, 2.75) is 45.1 Å². The second-order valence-corrected chi connectivity index (χ2v) is 9.27. The molecule has 2 amide bonds. The van der Waals surface area contributed by atoms with Gasteiger partial charge in [0.15, 0.2) is 0 Å². The Kier molecular flexibility index (Phi) is 7.43. The Balaban J connectivity index is 1.55. The first-order chi connectivity index (χ1) is 16.4. The predicted octanol–water partition coefficient (Wildman–Crippen LogP) is 3.65. The molecule has 34 heavy (non-hydrogen) atoms. The van der Waals surface area contributed by atoms with Gasteiger partial charge in [-0.1, -0.05) is 36.4 Å². The number of carbonyl (C=O) groups excluding carboxylic acids is 2. The molecule has 0 spiro atoms. The quantitative estimate of drug-likeness (QED) is 0.410. The van der Waals surface area contributed by atoms with E-state index >= 15 is 0 Å². The summed E-state index contributed by atoms with van der Waals surface area (Å²) in [4.78, 5) is 32.8. The standard InChI is InChI=1S/C27H33N5O2/c1-17-13-21(11-12-22(17)25(29)33)24-16-30-26(31-24)23(14-18-5-3-2-4-6-18)32-27(34)20-9-7-19(15-28)8-10-20/h2-6,11-13,16,19-20,23H,7-10,14-15,28H2,1H3,(H2,29,33)(H,30,31)(H,32,34)/t19-,20-,23-/m0/s1. The fraction of sp³-hybridized carbons (Fsp3) is 0.370. The first kappa shape index (κ1) is 23.7. The van der Waals surface area contributed by atoms with E-state index in [0.717, 1.165) is 48.1 Å². The monoisotopic (exact) mass is 459 g/mol. The zero-order valence-electron chi connectivity index (χ0n) is 19.6. The number of H-pyrrole nitrogens is 1. The van der Waals surface area contributed by atoms with Gasteiger partial charge in [-0.2, -0.15) is 0 Å². The molecule has 4 rings (SSSR count). The highest BCUT2D eigenvalue weighted by atomic mass is 16.2. The number of nitrogens with two attached hydrogens (primary N) is 2. The summed E-state index contributed by atoms with van der Waals surface area (Å²) in [6, 6.07) is 15.3. The van der Waals surface area contributed by atoms with Gasteiger partial charge in [0.1, 0.15) is 5.82 Å². The Morgan fingerprint density at radius 2 is 1.85 bits per heavy atom. The molecule has 0 unspecified atom stereocenters. The van der Waals surface area contributed by atoms with Gasteiger partial charge in [-0.3, -0.25) is 9.59 Å². The molecule has 1 fully saturated rings. The lowest BCUT2D eigenvalue weighted by atomic mass is 9.81. The number of nitrogens with one attached hydrogen (secondary N) is 2. The van der Waals surface area contributed by atoms with E-state index in [-0.39, 0.29) is 17.9 Å². The van der Waals surface area contributed by atoms with Crippen LogP contribution in [0, 0.1) is 18.8 Å². The molecule has 1 aliphatic rings. The Hall–Kier alpha value is -3.45. The molecule has 7 nitrogen and oxygen atoms in total. The second kappa shape index (κ2) is 10.7. The number of primary amides is 1. The zero-order chi connectivity index (χ0) is 24.1. The van der Waals surface area contributed by atoms with Crippen LogP contribution in [0.2, 0.25) is 0 Å². The number of hydrogen-bond donors (Lipinski definition) is 4. The van der Waals surface area contributed by atoms with Crippen molar-refractivity contribution in [1.82, 2.24) is 15.3 Å². The van der Waals surface area contributed by atoms with Crippen LogP contribution in [-0.2, 0) is 11.2 Å². The van der Waals surface area contributed by atoms with Gasteiger partial charge in [-0.15, -0.1) is 0 Å². The van der Waals surface area contributed by atoms with Crippen LogP contribution in [0.1, 0.15) is 59.0 Å². The minimum absolute atomic E-state index is 0.0134. The summed E-state index contributed by atoms with van der Waals surface area (Å²) in [5.74, 6) is 0.883. The highest BCUT2D eigenvalue weighted by Gasteiger charge is 2.28. The van der Waals surface area contributed by atoms with Crippen molar-refractivity contribution in [2.24, 2.45) is 23.3 Å². The van der Waals surface area contributed by atoms with E-state index in [2.05, 4.69) is 22.4 Å². The number of carbonyl (C=O) groups is 2. The molecule has 1 heterocycles. The van der Waals surface area contributed by atoms with Crippen molar-refractivity contribution >= 4 is 11.8 Å². The molecule has 2 aromatic carbocycles. The molecule has 1 aromatic heterocycles. The predicted molar refractivity (Wildman–Crippen MR) is 133 cm³/mol. The summed E-state index contributed by atoms with van der Waals surface area (Å²) >= 11 is 0. The second-order valence-electron chi connectivity index (χ2n) is 9.27. The van der Waals surface area contributed by atoms with E-state index in [1.165, 1.54) is 0 Å². The SMILES string of the molecule is Cc1cc(-c2c[nH]c([C@H](Cc3ccccc3)NC(=O)[C@H]3CC[C@H](CN)CC3)n2)ccc1C(N)=O. The Bertz CT molecular complexity index is 1130. The number of aromatic nitrogens is 2. The number of aromatic amines is 1. The Morgan fingerprint density at radius 3 is 2.50 bits per heavy atom. The van der Waals surface area contributed by atoms with Crippen molar-refractivity contribution in [3.05, 3.63) is 77.2 Å². The van der Waals surface area contributed by atoms with Crippen LogP contribution in [0.3, 0.4) is 0 Å². The third kappa shape index (κ3) is 5.54. The fourth-order valence-electron chi connectivity index (χ4n) is 4.78. The molecule has 0 aliphatic heterocycles. The van der Waals surface area contributed by atoms with Gasteiger partial charge in [-0.25, -0.2) is 4.98 Å². The number of hydrogen-bond acceptors (Lipinski definition) is 4. The van der Waals surface area contributed by atoms with Crippen molar-refractivity contribution < 1.29 is 9.59 Å². The van der Waals surface area contributed by atoms with Gasteiger partial charge in [0.25, 0.3) is 0 Å². The lowest BCUT2D eigenvalue weighted by Crippen LogP contribution is -2.37. The van der Waals surface area contributed by atoms with Crippen LogP contribution in [0.25, 0.3) is 11.3 Å². The molecule has 1 aliphatic carbocycles. The van der Waals surface area contributed by atoms with E-state index in [9.17, 15) is 9.59 Å². The molecule has 1 atom stereocenters. The summed E-state index contributed by atoms with van der Waals surface area (Å²) in [7, 11) is 0. The molecular weight excluding hydrogens is 426 g/mol. The Morgan fingerprint density at radius 1 is 1.12 bits per heavy atom. The van der Waals surface area contributed by atoms with E-state index < -0.39 is 5.91 Å². The number of amides is 2. The zero-order valence-corrected chi connectivity index (χ0v) is 19.6. The maximum atomic E-state index is 13.2. The van der Waals surface area contributed by atoms with Crippen molar-refractivity contribution in [3.63, 3.8) is 0 Å². The minimum Gasteiger partial charge on any atom is -0.366 e. The highest BCUT2D eigenvalue weighted by molar-refractivity contribution is 5.94. The van der Waals surface area contributed by atoms with Gasteiger partial charge >= 0.3 is 0 Å². The lowest BCUT2D eigenvalue weighted by molar-refractivity contribution is -0.127. The summed E-state index contributed by atoms with van der Waals surface area (Å²) in [5.41, 5.74) is 15.3. The van der Waals surface area contributed by atoms with Crippen LogP contribution in [0.5, 0.6) is 0 Å². The van der Waals surface area contributed by atoms with Gasteiger partial charge in [0.05, 0.1) is 11.7 Å². The molecule has 3 aromatic rings. The van der Waals surface area contributed by atoms with E-state index in [1.807, 2.05) is 43.5 Å². The number of aryl methyl sites for hydroxylation is 1. The van der Waals surface area contributed by atoms with Crippen molar-refractivity contribution in [2.75, 3.05) is 6.54 Å². The first-order valence-corrected chi connectivity index (χ1v) is 11.9. The molecular formula is C27H33N5O2. The van der Waals surface area contributed by atoms with Gasteiger partial charge in [-0.05, 0) is 74.8 Å². The minimum atomic E-state index is -0.446. The smallest absolute Gasteiger partial charge is 0.248 e. The number of rotatable bonds is 8. The summed E-state index contributed by atoms with van der Waals surface area (Å²) < 4.78 is 0. The van der Waals surface area contributed by atoms with Crippen LogP contribution in [0.4, 0.5) is 0 Å². The molecule has 7 heteroatoms. The average Bonchev–Trinajstić information content (AvgIpc) is 3.34. The third-order valence-electron chi connectivity index (χ3n) is 6.87. The first-order valence-electron chi connectivity index (χ1n) is 11.9. The van der Waals surface area contributed by atoms with Gasteiger partial charge < -0.3 is 21.8 Å². The lowest BCUT2D eigenvalue weighted by Gasteiger charge is -2.28. The Labute approximate surface area is 200 Å². The van der Waals surface area contributed by atoms with Crippen molar-refractivity contribution in [3.8, 4) is 11.3 Å². The fourth-order valence-corrected chi connectivity index (χ4v) is 4.78. The van der Waals surface area contributed by atoms with Crippen LogP contribution in [0.15, 0.2) is 54.7 Å². The van der Waals surface area contributed by atoms with E-state index in [4.69, 9.17) is 16.5 Å². The average molecular weight is 460 g/mol. The highest BCUT2D eigenvalue weighted by Crippen LogP contribution is 2.29. The topological polar surface area (TPSA) is 127 Å². The van der Waals surface area contributed by atoms with Crippen molar-refractivity contribution in [1.29, 1.82) is 0 Å². The summed E-state index contributed by atoms with van der Waals surface area (Å²) in [6.45, 7) is 2.55. The maximum absolute atomic E-state index is 13.2. The van der Waals surface area contributed by atoms with E-state index in [0.29, 0.717) is 30.3 Å². The number of benzene rings is 2. The molecule has 0 saturated heterocycles. The normalized spacial score (nSPS) is 18.9. The summed E-state index contributed by atoms with van der Waals surface area (Å²) in [6.07, 6.45) is 6.23. The van der Waals surface area contributed by atoms with E-state index in [1.54, 1.807) is 6.07 Å². The van der Waals surface area contributed by atoms with Crippen LogP contribution < -0.4 is 16.8 Å². The maximum Gasteiger partial charge on any atom is 0.248 e. The molecule has 0 radical (unpaired) electrons. The molecule has 0 bridgehead atoms. The van der Waals surface area contributed by atoms with Gasteiger partial charge in [0, 0.05) is 23.2 Å². The van der Waals surface area contributed by atoms with Gasteiger partial charge in [0.2, 0.25) is 11.8 Å². The third-order valence-corrected chi connectivity index (χ3v) is 6.87. The number of imidazole rings is 1. The molecule has 6 N–H and O–H groups in total. The van der Waals surface area contributed by atoms with Crippen LogP contribution >= 0.6 is 0 Å². The summed E-state index contributed by atoms with van der Waals surface area (Å²) in [5, 5.41) is 3.26.